The first-order valence-corrected chi connectivity index (χ1v) is 4.15. The van der Waals surface area contributed by atoms with Gasteiger partial charge in [-0.25, -0.2) is 0 Å². The SMILES string of the molecule is COC1=Cc2c(O)cc(C)cc2[CH]1. The van der Waals surface area contributed by atoms with Crippen LogP contribution >= 0.6 is 0 Å². The van der Waals surface area contributed by atoms with Gasteiger partial charge in [-0.1, -0.05) is 6.07 Å². The highest BCUT2D eigenvalue weighted by Gasteiger charge is 2.16. The molecule has 1 radical (unpaired) electrons. The summed E-state index contributed by atoms with van der Waals surface area (Å²) in [5.41, 5.74) is 2.93. The smallest absolute Gasteiger partial charge is 0.123 e. The molecule has 2 heteroatoms. The molecular formula is C11H11O2. The largest absolute Gasteiger partial charge is 0.507 e. The minimum atomic E-state index is 0.318. The fraction of sp³-hybridized carbons (Fsp3) is 0.182. The van der Waals surface area contributed by atoms with Gasteiger partial charge in [-0.15, -0.1) is 0 Å². The summed E-state index contributed by atoms with van der Waals surface area (Å²) in [6.07, 6.45) is 3.76. The van der Waals surface area contributed by atoms with Gasteiger partial charge in [0.2, 0.25) is 0 Å². The highest BCUT2D eigenvalue weighted by atomic mass is 16.5. The molecular weight excluding hydrogens is 164 g/mol. The molecule has 0 aliphatic heterocycles. The van der Waals surface area contributed by atoms with E-state index in [1.807, 2.05) is 25.5 Å². The van der Waals surface area contributed by atoms with Gasteiger partial charge in [0, 0.05) is 5.56 Å². The molecule has 0 bridgehead atoms. The fourth-order valence-electron chi connectivity index (χ4n) is 1.54. The number of hydrogen-bond acceptors (Lipinski definition) is 2. The molecule has 2 nitrogen and oxygen atoms in total. The third-order valence-corrected chi connectivity index (χ3v) is 2.15. The van der Waals surface area contributed by atoms with Crippen molar-refractivity contribution in [2.45, 2.75) is 6.92 Å². The molecule has 0 saturated heterocycles. The van der Waals surface area contributed by atoms with Crippen molar-refractivity contribution in [3.63, 3.8) is 0 Å². The maximum absolute atomic E-state index is 9.61. The maximum atomic E-state index is 9.61. The number of fused-ring (bicyclic) bond motifs is 1. The van der Waals surface area contributed by atoms with Crippen molar-refractivity contribution in [1.29, 1.82) is 0 Å². The van der Waals surface area contributed by atoms with Gasteiger partial charge in [0.1, 0.15) is 11.5 Å². The van der Waals surface area contributed by atoms with Crippen LogP contribution in [0.5, 0.6) is 5.75 Å². The summed E-state index contributed by atoms with van der Waals surface area (Å²) in [5.74, 6) is 1.11. The van der Waals surface area contributed by atoms with Gasteiger partial charge >= 0.3 is 0 Å². The van der Waals surface area contributed by atoms with Crippen molar-refractivity contribution in [2.75, 3.05) is 7.11 Å². The molecule has 1 aliphatic rings. The van der Waals surface area contributed by atoms with Crippen molar-refractivity contribution in [3.8, 4) is 5.75 Å². The minimum absolute atomic E-state index is 0.318. The number of methoxy groups -OCH3 is 1. The van der Waals surface area contributed by atoms with E-state index in [2.05, 4.69) is 0 Å². The first kappa shape index (κ1) is 8.17. The topological polar surface area (TPSA) is 29.5 Å². The average molecular weight is 175 g/mol. The highest BCUT2D eigenvalue weighted by Crippen LogP contribution is 2.34. The van der Waals surface area contributed by atoms with E-state index in [9.17, 15) is 5.11 Å². The van der Waals surface area contributed by atoms with E-state index < -0.39 is 0 Å². The standard InChI is InChI=1S/C11H11O2/c1-7-3-8-5-9(13-2)6-10(8)11(12)4-7/h3-6,12H,1-2H3. The molecule has 0 aromatic heterocycles. The highest BCUT2D eigenvalue weighted by molar-refractivity contribution is 5.72. The maximum Gasteiger partial charge on any atom is 0.123 e. The number of aryl methyl sites for hydroxylation is 1. The number of ether oxygens (including phenoxy) is 1. The third kappa shape index (κ3) is 1.28. The summed E-state index contributed by atoms with van der Waals surface area (Å²) in [5, 5.41) is 9.61. The van der Waals surface area contributed by atoms with Crippen LogP contribution in [0, 0.1) is 13.3 Å². The molecule has 1 aromatic rings. The first-order valence-electron chi connectivity index (χ1n) is 4.15. The van der Waals surface area contributed by atoms with E-state index in [-0.39, 0.29) is 0 Å². The number of benzene rings is 1. The van der Waals surface area contributed by atoms with Crippen LogP contribution in [0.3, 0.4) is 0 Å². The van der Waals surface area contributed by atoms with Gasteiger partial charge in [-0.2, -0.15) is 0 Å². The molecule has 13 heavy (non-hydrogen) atoms. The number of phenols is 1. The van der Waals surface area contributed by atoms with Crippen molar-refractivity contribution < 1.29 is 9.84 Å². The molecule has 1 aromatic carbocycles. The molecule has 0 heterocycles. The third-order valence-electron chi connectivity index (χ3n) is 2.15. The van der Waals surface area contributed by atoms with Gasteiger partial charge in [0.15, 0.2) is 0 Å². The molecule has 2 rings (SSSR count). The number of aromatic hydroxyl groups is 1. The lowest BCUT2D eigenvalue weighted by molar-refractivity contribution is 0.306. The Labute approximate surface area is 77.5 Å². The molecule has 1 N–H and O–H groups in total. The van der Waals surface area contributed by atoms with Gasteiger partial charge in [-0.05, 0) is 30.2 Å². The number of phenolic OH excluding ortho intramolecular Hbond substituents is 1. The molecule has 67 valence electrons. The zero-order valence-electron chi connectivity index (χ0n) is 7.66. The van der Waals surface area contributed by atoms with Crippen LogP contribution in [0.25, 0.3) is 6.08 Å². The molecule has 0 unspecified atom stereocenters. The van der Waals surface area contributed by atoms with Crippen molar-refractivity contribution in [3.05, 3.63) is 41.0 Å². The zero-order chi connectivity index (χ0) is 9.42. The van der Waals surface area contributed by atoms with Crippen LogP contribution in [-0.4, -0.2) is 12.2 Å². The second-order valence-electron chi connectivity index (χ2n) is 3.18. The van der Waals surface area contributed by atoms with Crippen LogP contribution in [0.4, 0.5) is 0 Å². The number of allylic oxidation sites excluding steroid dienone is 1. The van der Waals surface area contributed by atoms with Gasteiger partial charge in [-0.3, -0.25) is 0 Å². The normalized spacial score (nSPS) is 13.8. The number of hydrogen-bond donors (Lipinski definition) is 1. The Hall–Kier alpha value is -1.44. The average Bonchev–Trinajstić information content (AvgIpc) is 2.47. The molecule has 0 atom stereocenters. The van der Waals surface area contributed by atoms with Crippen LogP contribution < -0.4 is 0 Å². The van der Waals surface area contributed by atoms with E-state index in [0.29, 0.717) is 5.75 Å². The Morgan fingerprint density at radius 1 is 1.31 bits per heavy atom. The van der Waals surface area contributed by atoms with Crippen LogP contribution in [0.1, 0.15) is 16.7 Å². The van der Waals surface area contributed by atoms with E-state index in [4.69, 9.17) is 4.74 Å². The summed E-state index contributed by atoms with van der Waals surface area (Å²) in [4.78, 5) is 0. The zero-order valence-corrected chi connectivity index (χ0v) is 7.66. The molecule has 0 spiro atoms. The molecule has 0 fully saturated rings. The Morgan fingerprint density at radius 3 is 2.77 bits per heavy atom. The second-order valence-corrected chi connectivity index (χ2v) is 3.18. The summed E-state index contributed by atoms with van der Waals surface area (Å²) >= 11 is 0. The van der Waals surface area contributed by atoms with Crippen molar-refractivity contribution in [1.82, 2.24) is 0 Å². The summed E-state index contributed by atoms with van der Waals surface area (Å²) in [6, 6.07) is 3.78. The molecule has 0 amide bonds. The summed E-state index contributed by atoms with van der Waals surface area (Å²) < 4.78 is 5.08. The van der Waals surface area contributed by atoms with E-state index >= 15 is 0 Å². The van der Waals surface area contributed by atoms with E-state index in [1.165, 1.54) is 0 Å². The summed E-state index contributed by atoms with van der Waals surface area (Å²) in [6.45, 7) is 1.96. The van der Waals surface area contributed by atoms with Crippen molar-refractivity contribution >= 4 is 6.08 Å². The fourth-order valence-corrected chi connectivity index (χ4v) is 1.54. The van der Waals surface area contributed by atoms with Crippen LogP contribution in [0.2, 0.25) is 0 Å². The quantitative estimate of drug-likeness (QED) is 0.709. The number of rotatable bonds is 1. The molecule has 0 saturated carbocycles. The lowest BCUT2D eigenvalue weighted by Crippen LogP contribution is -1.85. The lowest BCUT2D eigenvalue weighted by Gasteiger charge is -2.02. The Balaban J connectivity index is 2.50. The predicted octanol–water partition coefficient (Wildman–Crippen LogP) is 2.25. The molecule has 1 aliphatic carbocycles. The summed E-state index contributed by atoms with van der Waals surface area (Å²) in [7, 11) is 1.62. The monoisotopic (exact) mass is 175 g/mol. The lowest BCUT2D eigenvalue weighted by atomic mass is 10.1. The minimum Gasteiger partial charge on any atom is -0.507 e. The second kappa shape index (κ2) is 2.80. The van der Waals surface area contributed by atoms with Crippen LogP contribution in [-0.2, 0) is 4.74 Å². The first-order chi connectivity index (χ1) is 6.20. The Morgan fingerprint density at radius 2 is 2.08 bits per heavy atom. The van der Waals surface area contributed by atoms with Crippen LogP contribution in [0.15, 0.2) is 17.9 Å². The van der Waals surface area contributed by atoms with Crippen molar-refractivity contribution in [2.24, 2.45) is 0 Å². The van der Waals surface area contributed by atoms with Gasteiger partial charge in [0.05, 0.1) is 13.5 Å². The van der Waals surface area contributed by atoms with E-state index in [0.717, 1.165) is 22.4 Å². The predicted molar refractivity (Wildman–Crippen MR) is 51.2 cm³/mol. The van der Waals surface area contributed by atoms with Gasteiger partial charge in [0.25, 0.3) is 0 Å². The van der Waals surface area contributed by atoms with Gasteiger partial charge < -0.3 is 9.84 Å². The Kier molecular flexibility index (Phi) is 1.76. The van der Waals surface area contributed by atoms with E-state index in [1.54, 1.807) is 13.2 Å². The Bertz CT molecular complexity index is 378.